The zero-order valence-corrected chi connectivity index (χ0v) is 17.0. The van der Waals surface area contributed by atoms with E-state index in [1.165, 1.54) is 57.8 Å². The molecular weight excluding hydrogens is 268 g/mol. The minimum Gasteiger partial charge on any atom is -0.274 e. The average molecular weight is 314 g/mol. The Bertz CT molecular complexity index is 244. The van der Waals surface area contributed by atoms with Gasteiger partial charge in [0.15, 0.2) is 0 Å². The van der Waals surface area contributed by atoms with Crippen molar-refractivity contribution in [1.29, 1.82) is 0 Å². The molecule has 0 aliphatic heterocycles. The first kappa shape index (κ1) is 23.7. The molecule has 0 saturated heterocycles. The molecule has 0 aliphatic carbocycles. The summed E-state index contributed by atoms with van der Waals surface area (Å²) < 4.78 is 2.12. The van der Waals surface area contributed by atoms with E-state index < -0.39 is 0 Å². The van der Waals surface area contributed by atoms with Gasteiger partial charge < -0.3 is 0 Å². The highest BCUT2D eigenvalue weighted by atomic mass is 15.2. The molecule has 2 nitrogen and oxygen atoms in total. The van der Waals surface area contributed by atoms with E-state index in [0.717, 1.165) is 5.92 Å². The Labute approximate surface area is 142 Å². The summed E-state index contributed by atoms with van der Waals surface area (Å²) in [4.78, 5) is 2.33. The normalized spacial score (nSPS) is 12.9. The monoisotopic (exact) mass is 313 g/mol. The summed E-state index contributed by atoms with van der Waals surface area (Å²) in [5.41, 5.74) is 0. The van der Waals surface area contributed by atoms with Crippen molar-refractivity contribution in [3.05, 3.63) is 0 Å². The lowest BCUT2D eigenvalue weighted by Crippen LogP contribution is -2.30. The predicted molar refractivity (Wildman–Crippen MR) is 103 cm³/mol. The fourth-order valence-electron chi connectivity index (χ4n) is 2.89. The second-order valence-corrected chi connectivity index (χ2v) is 6.67. The molecule has 0 aliphatic rings. The van der Waals surface area contributed by atoms with Crippen LogP contribution < -0.4 is 0 Å². The van der Waals surface area contributed by atoms with Crippen molar-refractivity contribution < 1.29 is 4.58 Å². The van der Waals surface area contributed by atoms with E-state index >= 15 is 0 Å². The fourth-order valence-corrected chi connectivity index (χ4v) is 2.89. The maximum Gasteiger partial charge on any atom is 0.233 e. The third kappa shape index (κ3) is 14.4. The van der Waals surface area contributed by atoms with E-state index in [9.17, 15) is 0 Å². The van der Waals surface area contributed by atoms with Gasteiger partial charge in [-0.1, -0.05) is 72.6 Å². The van der Waals surface area contributed by atoms with Gasteiger partial charge in [-0.15, -0.1) is 0 Å². The number of hydrogen-bond donors (Lipinski definition) is 0. The van der Waals surface area contributed by atoms with E-state index in [0.29, 0.717) is 6.04 Å². The van der Waals surface area contributed by atoms with Crippen LogP contribution in [0.5, 0.6) is 0 Å². The first-order chi connectivity index (χ1) is 10.5. The molecule has 0 saturated carbocycles. The molecule has 134 valence electrons. The largest absolute Gasteiger partial charge is 0.274 e. The smallest absolute Gasteiger partial charge is 0.233 e. The summed E-state index contributed by atoms with van der Waals surface area (Å²) in [6.07, 6.45) is 14.7. The summed E-state index contributed by atoms with van der Waals surface area (Å²) in [7, 11) is 6.37. The third-order valence-electron chi connectivity index (χ3n) is 4.26. The van der Waals surface area contributed by atoms with Crippen LogP contribution in [0.1, 0.15) is 92.4 Å². The Morgan fingerprint density at radius 3 is 1.91 bits per heavy atom. The van der Waals surface area contributed by atoms with Crippen LogP contribution in [0.4, 0.5) is 0 Å². The van der Waals surface area contributed by atoms with Gasteiger partial charge in [0, 0.05) is 0 Å². The molecule has 0 aromatic rings. The molecule has 0 fully saturated rings. The molecule has 0 aromatic heterocycles. The minimum absolute atomic E-state index is 0.651. The molecule has 0 rings (SSSR count). The zero-order chi connectivity index (χ0) is 17.4. The Balaban J connectivity index is 0. The highest BCUT2D eigenvalue weighted by Crippen LogP contribution is 2.22. The van der Waals surface area contributed by atoms with Gasteiger partial charge in [-0.25, -0.2) is 0 Å². The second-order valence-electron chi connectivity index (χ2n) is 6.67. The van der Waals surface area contributed by atoms with Crippen molar-refractivity contribution >= 4 is 6.34 Å². The molecule has 0 amide bonds. The lowest BCUT2D eigenvalue weighted by atomic mass is 9.91. The zero-order valence-electron chi connectivity index (χ0n) is 17.0. The van der Waals surface area contributed by atoms with Crippen LogP contribution in [0.2, 0.25) is 0 Å². The molecule has 0 radical (unpaired) electrons. The molecule has 0 N–H and O–H groups in total. The quantitative estimate of drug-likeness (QED) is 0.191. The lowest BCUT2D eigenvalue weighted by Gasteiger charge is -2.18. The van der Waals surface area contributed by atoms with Crippen LogP contribution in [-0.4, -0.2) is 43.0 Å². The summed E-state index contributed by atoms with van der Waals surface area (Å²) in [6, 6.07) is 0.651. The molecule has 2 atom stereocenters. The van der Waals surface area contributed by atoms with Crippen molar-refractivity contribution in [1.82, 2.24) is 4.90 Å². The number of nitrogens with zero attached hydrogens (tertiary/aromatic N) is 2. The molecular formula is C20H45N2+. The summed E-state index contributed by atoms with van der Waals surface area (Å²) in [5.74, 6) is 0.987. The second kappa shape index (κ2) is 16.8. The maximum absolute atomic E-state index is 2.33. The van der Waals surface area contributed by atoms with Gasteiger partial charge in [0.1, 0.15) is 0 Å². The van der Waals surface area contributed by atoms with E-state index in [1.54, 1.807) is 0 Å². The van der Waals surface area contributed by atoms with Crippen LogP contribution in [0.3, 0.4) is 0 Å². The summed E-state index contributed by atoms with van der Waals surface area (Å²) >= 11 is 0. The van der Waals surface area contributed by atoms with Gasteiger partial charge in [0.25, 0.3) is 0 Å². The first-order valence-corrected chi connectivity index (χ1v) is 9.74. The SMILES string of the molecule is CC.CCCCC(CCC)CCCCC(C)N(C)C=[N+](C)C. The topological polar surface area (TPSA) is 6.25 Å². The van der Waals surface area contributed by atoms with Gasteiger partial charge >= 0.3 is 0 Å². The molecule has 2 unspecified atom stereocenters. The van der Waals surface area contributed by atoms with Gasteiger partial charge in [0.2, 0.25) is 6.34 Å². The number of hydrogen-bond acceptors (Lipinski definition) is 0. The molecule has 22 heavy (non-hydrogen) atoms. The Morgan fingerprint density at radius 2 is 1.41 bits per heavy atom. The predicted octanol–water partition coefficient (Wildman–Crippen LogP) is 5.80. The van der Waals surface area contributed by atoms with Crippen LogP contribution in [-0.2, 0) is 0 Å². The van der Waals surface area contributed by atoms with Crippen molar-refractivity contribution in [2.75, 3.05) is 21.1 Å². The molecule has 0 spiro atoms. The van der Waals surface area contributed by atoms with Crippen LogP contribution in [0, 0.1) is 5.92 Å². The number of rotatable bonds is 12. The lowest BCUT2D eigenvalue weighted by molar-refractivity contribution is -0.464. The van der Waals surface area contributed by atoms with E-state index in [2.05, 4.69) is 57.7 Å². The Morgan fingerprint density at radius 1 is 0.864 bits per heavy atom. The van der Waals surface area contributed by atoms with E-state index in [1.807, 2.05) is 13.8 Å². The summed E-state index contributed by atoms with van der Waals surface area (Å²) in [5, 5.41) is 0. The Hall–Kier alpha value is -0.530. The highest BCUT2D eigenvalue weighted by molar-refractivity contribution is 5.48. The molecule has 0 heterocycles. The maximum atomic E-state index is 2.33. The highest BCUT2D eigenvalue weighted by Gasteiger charge is 2.12. The van der Waals surface area contributed by atoms with Crippen LogP contribution >= 0.6 is 0 Å². The van der Waals surface area contributed by atoms with Gasteiger partial charge in [0.05, 0.1) is 27.2 Å². The van der Waals surface area contributed by atoms with Crippen molar-refractivity contribution in [2.45, 2.75) is 98.4 Å². The van der Waals surface area contributed by atoms with Gasteiger partial charge in [-0.3, -0.25) is 9.48 Å². The van der Waals surface area contributed by atoms with E-state index in [4.69, 9.17) is 0 Å². The van der Waals surface area contributed by atoms with Crippen molar-refractivity contribution in [3.8, 4) is 0 Å². The average Bonchev–Trinajstić information content (AvgIpc) is 2.50. The molecule has 0 bridgehead atoms. The van der Waals surface area contributed by atoms with Crippen molar-refractivity contribution in [3.63, 3.8) is 0 Å². The summed E-state index contributed by atoms with van der Waals surface area (Å²) in [6.45, 7) is 11.0. The van der Waals surface area contributed by atoms with Crippen molar-refractivity contribution in [2.24, 2.45) is 5.92 Å². The first-order valence-electron chi connectivity index (χ1n) is 9.74. The standard InChI is InChI=1S/C18H39N2.C2H6/c1-7-9-14-18(12-8-2)15-11-10-13-17(3)20(6)16-19(4)5;1-2/h16-18H,7-15H2,1-6H3;1-2H3/q+1;. The van der Waals surface area contributed by atoms with Gasteiger partial charge in [-0.05, 0) is 25.7 Å². The Kier molecular flexibility index (Phi) is 18.2. The van der Waals surface area contributed by atoms with Crippen LogP contribution in [0.25, 0.3) is 0 Å². The van der Waals surface area contributed by atoms with Crippen LogP contribution in [0.15, 0.2) is 0 Å². The minimum atomic E-state index is 0.651. The van der Waals surface area contributed by atoms with Gasteiger partial charge in [-0.2, -0.15) is 0 Å². The fraction of sp³-hybridized carbons (Fsp3) is 0.950. The number of unbranched alkanes of at least 4 members (excludes halogenated alkanes) is 2. The third-order valence-corrected chi connectivity index (χ3v) is 4.26. The molecule has 0 aromatic carbocycles. The van der Waals surface area contributed by atoms with E-state index in [-0.39, 0.29) is 0 Å². The molecule has 2 heteroatoms.